The van der Waals surface area contributed by atoms with Crippen LogP contribution in [0.3, 0.4) is 0 Å². The monoisotopic (exact) mass is 284 g/mol. The third-order valence-electron chi connectivity index (χ3n) is 4.56. The minimum absolute atomic E-state index is 0.0587. The van der Waals surface area contributed by atoms with Gasteiger partial charge in [0.15, 0.2) is 5.79 Å². The molecule has 3 nitrogen and oxygen atoms in total. The van der Waals surface area contributed by atoms with Crippen molar-refractivity contribution in [1.82, 2.24) is 0 Å². The second-order valence-corrected chi connectivity index (χ2v) is 7.09. The Morgan fingerprint density at radius 2 is 1.70 bits per heavy atom. The average molecular weight is 284 g/mol. The van der Waals surface area contributed by atoms with Gasteiger partial charge in [0.1, 0.15) is 0 Å². The number of aliphatic hydroxyl groups excluding tert-OH is 1. The van der Waals surface area contributed by atoms with E-state index in [1.165, 1.54) is 38.5 Å². The molecule has 2 rings (SSSR count). The van der Waals surface area contributed by atoms with E-state index in [2.05, 4.69) is 0 Å². The zero-order valence-electron chi connectivity index (χ0n) is 13.4. The molecule has 3 heteroatoms. The van der Waals surface area contributed by atoms with E-state index in [0.29, 0.717) is 6.42 Å². The van der Waals surface area contributed by atoms with Crippen molar-refractivity contribution in [2.75, 3.05) is 0 Å². The maximum Gasteiger partial charge on any atom is 0.163 e. The minimum atomic E-state index is -0.489. The molecule has 0 spiro atoms. The SMILES string of the molecule is CC[C@H](O)C[C@H]1OC(C)(C)O[C@@H]1CCCCCC1CC1. The van der Waals surface area contributed by atoms with Crippen LogP contribution in [-0.4, -0.2) is 29.2 Å². The first-order chi connectivity index (χ1) is 9.50. The molecule has 1 N–H and O–H groups in total. The van der Waals surface area contributed by atoms with Crippen LogP contribution >= 0.6 is 0 Å². The Balaban J connectivity index is 1.68. The summed E-state index contributed by atoms with van der Waals surface area (Å²) in [6.07, 6.45) is 10.7. The minimum Gasteiger partial charge on any atom is -0.393 e. The molecule has 1 aliphatic heterocycles. The molecule has 0 aromatic carbocycles. The molecule has 2 aliphatic rings. The Hall–Kier alpha value is -0.120. The predicted molar refractivity (Wildman–Crippen MR) is 80.5 cm³/mol. The average Bonchev–Trinajstić information content (AvgIpc) is 3.15. The second kappa shape index (κ2) is 7.24. The molecule has 1 heterocycles. The summed E-state index contributed by atoms with van der Waals surface area (Å²) in [6, 6.07) is 0. The normalized spacial score (nSPS) is 30.6. The van der Waals surface area contributed by atoms with Crippen LogP contribution in [0.5, 0.6) is 0 Å². The van der Waals surface area contributed by atoms with Crippen molar-refractivity contribution in [3.8, 4) is 0 Å². The first-order valence-electron chi connectivity index (χ1n) is 8.54. The van der Waals surface area contributed by atoms with Gasteiger partial charge in [-0.25, -0.2) is 0 Å². The Bertz CT molecular complexity index is 286. The summed E-state index contributed by atoms with van der Waals surface area (Å²) in [5, 5.41) is 9.85. The quantitative estimate of drug-likeness (QED) is 0.650. The number of unbranched alkanes of at least 4 members (excludes halogenated alkanes) is 2. The molecule has 3 atom stereocenters. The van der Waals surface area contributed by atoms with Crippen LogP contribution in [0.15, 0.2) is 0 Å². The van der Waals surface area contributed by atoms with Crippen molar-refractivity contribution < 1.29 is 14.6 Å². The maximum absolute atomic E-state index is 9.85. The molecule has 1 aliphatic carbocycles. The van der Waals surface area contributed by atoms with Gasteiger partial charge < -0.3 is 14.6 Å². The molecule has 1 saturated carbocycles. The largest absolute Gasteiger partial charge is 0.393 e. The van der Waals surface area contributed by atoms with E-state index >= 15 is 0 Å². The summed E-state index contributed by atoms with van der Waals surface area (Å²) in [6.45, 7) is 5.97. The summed E-state index contributed by atoms with van der Waals surface area (Å²) in [5.74, 6) is 0.559. The number of hydrogen-bond donors (Lipinski definition) is 1. The first kappa shape index (κ1) is 16.3. The fourth-order valence-corrected chi connectivity index (χ4v) is 3.15. The van der Waals surface area contributed by atoms with Gasteiger partial charge in [0, 0.05) is 6.42 Å². The molecule has 0 aromatic rings. The van der Waals surface area contributed by atoms with Crippen molar-refractivity contribution in [2.45, 2.75) is 103 Å². The highest BCUT2D eigenvalue weighted by Gasteiger charge is 2.41. The summed E-state index contributed by atoms with van der Waals surface area (Å²) >= 11 is 0. The first-order valence-corrected chi connectivity index (χ1v) is 8.54. The van der Waals surface area contributed by atoms with Gasteiger partial charge in [-0.05, 0) is 32.6 Å². The van der Waals surface area contributed by atoms with Crippen LogP contribution in [0.1, 0.15) is 78.6 Å². The highest BCUT2D eigenvalue weighted by atomic mass is 16.7. The fourth-order valence-electron chi connectivity index (χ4n) is 3.15. The third-order valence-corrected chi connectivity index (χ3v) is 4.56. The van der Waals surface area contributed by atoms with Crippen LogP contribution < -0.4 is 0 Å². The fraction of sp³-hybridized carbons (Fsp3) is 1.00. The van der Waals surface area contributed by atoms with E-state index in [1.807, 2.05) is 20.8 Å². The Morgan fingerprint density at radius 1 is 1.05 bits per heavy atom. The molecular weight excluding hydrogens is 252 g/mol. The Morgan fingerprint density at radius 3 is 2.35 bits per heavy atom. The number of rotatable bonds is 9. The number of ether oxygens (including phenoxy) is 2. The van der Waals surface area contributed by atoms with Crippen molar-refractivity contribution in [2.24, 2.45) is 5.92 Å². The van der Waals surface area contributed by atoms with Gasteiger partial charge in [-0.2, -0.15) is 0 Å². The van der Waals surface area contributed by atoms with Gasteiger partial charge in [0.05, 0.1) is 18.3 Å². The van der Waals surface area contributed by atoms with Crippen LogP contribution in [-0.2, 0) is 9.47 Å². The molecule has 0 amide bonds. The Kier molecular flexibility index (Phi) is 5.88. The number of aliphatic hydroxyl groups is 1. The lowest BCUT2D eigenvalue weighted by Crippen LogP contribution is -2.27. The van der Waals surface area contributed by atoms with Crippen LogP contribution in [0.25, 0.3) is 0 Å². The topological polar surface area (TPSA) is 38.7 Å². The van der Waals surface area contributed by atoms with Crippen molar-refractivity contribution in [1.29, 1.82) is 0 Å². The molecule has 20 heavy (non-hydrogen) atoms. The van der Waals surface area contributed by atoms with Crippen molar-refractivity contribution in [3.05, 3.63) is 0 Å². The lowest BCUT2D eigenvalue weighted by Gasteiger charge is -2.19. The van der Waals surface area contributed by atoms with Gasteiger partial charge in [-0.15, -0.1) is 0 Å². The summed E-state index contributed by atoms with van der Waals surface area (Å²) in [5.41, 5.74) is 0. The molecule has 0 unspecified atom stereocenters. The van der Waals surface area contributed by atoms with E-state index < -0.39 is 5.79 Å². The van der Waals surface area contributed by atoms with Crippen LogP contribution in [0, 0.1) is 5.92 Å². The summed E-state index contributed by atoms with van der Waals surface area (Å²) < 4.78 is 12.0. The molecule has 0 aromatic heterocycles. The molecule has 0 bridgehead atoms. The van der Waals surface area contributed by atoms with E-state index in [4.69, 9.17) is 9.47 Å². The van der Waals surface area contributed by atoms with Gasteiger partial charge in [0.25, 0.3) is 0 Å². The van der Waals surface area contributed by atoms with E-state index in [9.17, 15) is 5.11 Å². The molecule has 118 valence electrons. The molecule has 1 saturated heterocycles. The summed E-state index contributed by atoms with van der Waals surface area (Å²) in [7, 11) is 0. The van der Waals surface area contributed by atoms with Gasteiger partial charge in [0.2, 0.25) is 0 Å². The zero-order valence-corrected chi connectivity index (χ0v) is 13.4. The smallest absolute Gasteiger partial charge is 0.163 e. The highest BCUT2D eigenvalue weighted by molar-refractivity contribution is 4.83. The Labute approximate surface area is 124 Å². The van der Waals surface area contributed by atoms with Crippen LogP contribution in [0.4, 0.5) is 0 Å². The zero-order chi connectivity index (χ0) is 14.6. The lowest BCUT2D eigenvalue weighted by atomic mass is 10.00. The molecular formula is C17H32O3. The van der Waals surface area contributed by atoms with E-state index in [1.54, 1.807) is 0 Å². The van der Waals surface area contributed by atoms with Crippen molar-refractivity contribution >= 4 is 0 Å². The standard InChI is InChI=1S/C17H32O3/c1-4-14(18)12-16-15(19-17(2,3)20-16)9-7-5-6-8-13-10-11-13/h13-16,18H,4-12H2,1-3H3/t14-,15+,16+/m0/s1. The van der Waals surface area contributed by atoms with E-state index in [-0.39, 0.29) is 18.3 Å². The molecule has 0 radical (unpaired) electrons. The second-order valence-electron chi connectivity index (χ2n) is 7.09. The predicted octanol–water partition coefficient (Wildman–Crippen LogP) is 4.03. The van der Waals surface area contributed by atoms with Crippen LogP contribution in [0.2, 0.25) is 0 Å². The third kappa shape index (κ3) is 5.34. The van der Waals surface area contributed by atoms with Gasteiger partial charge in [-0.3, -0.25) is 0 Å². The highest BCUT2D eigenvalue weighted by Crippen LogP contribution is 2.35. The van der Waals surface area contributed by atoms with Crippen molar-refractivity contribution in [3.63, 3.8) is 0 Å². The lowest BCUT2D eigenvalue weighted by molar-refractivity contribution is -0.148. The van der Waals surface area contributed by atoms with Gasteiger partial charge >= 0.3 is 0 Å². The summed E-state index contributed by atoms with van der Waals surface area (Å²) in [4.78, 5) is 0. The van der Waals surface area contributed by atoms with E-state index in [0.717, 1.165) is 18.8 Å². The molecule has 2 fully saturated rings. The number of hydrogen-bond acceptors (Lipinski definition) is 3. The maximum atomic E-state index is 9.85. The van der Waals surface area contributed by atoms with Gasteiger partial charge in [-0.1, -0.05) is 45.4 Å².